The molecule has 1 N–H and O–H groups in total. The normalized spacial score (nSPS) is 10.4. The predicted octanol–water partition coefficient (Wildman–Crippen LogP) is 3.62. The molecule has 2 heterocycles. The molecule has 0 bridgehead atoms. The summed E-state index contributed by atoms with van der Waals surface area (Å²) in [4.78, 5) is 15.8. The van der Waals surface area contributed by atoms with Crippen molar-refractivity contribution in [3.05, 3.63) is 40.8 Å². The molecule has 0 aromatic carbocycles. The zero-order valence-corrected chi connectivity index (χ0v) is 11.9. The van der Waals surface area contributed by atoms with E-state index in [2.05, 4.69) is 40.1 Å². The molecule has 2 rings (SSSR count). The van der Waals surface area contributed by atoms with Gasteiger partial charge in [0.05, 0.1) is 0 Å². The zero-order chi connectivity index (χ0) is 13.5. The molecule has 0 spiro atoms. The number of pyridine rings is 1. The van der Waals surface area contributed by atoms with Crippen LogP contribution in [0.2, 0.25) is 0 Å². The molecule has 2 aromatic rings. The smallest absolute Gasteiger partial charge is 0.220 e. The minimum Gasteiger partial charge on any atom is -0.352 e. The minimum absolute atomic E-state index is 0.114. The number of aromatic nitrogens is 1. The fraction of sp³-hybridized carbons (Fsp3) is 0.333. The lowest BCUT2D eigenvalue weighted by molar-refractivity contribution is -0.121. The van der Waals surface area contributed by atoms with E-state index in [0.717, 1.165) is 24.0 Å². The molecule has 0 aliphatic carbocycles. The number of unbranched alkanes of at least 4 members (excludes halogenated alkanes) is 1. The Morgan fingerprint density at radius 1 is 1.37 bits per heavy atom. The van der Waals surface area contributed by atoms with Crippen LogP contribution in [0.3, 0.4) is 0 Å². The van der Waals surface area contributed by atoms with Crippen molar-refractivity contribution in [2.75, 3.05) is 0 Å². The Kier molecular flexibility index (Phi) is 5.10. The van der Waals surface area contributed by atoms with Gasteiger partial charge in [0.25, 0.3) is 0 Å². The van der Waals surface area contributed by atoms with Crippen LogP contribution in [-0.2, 0) is 11.3 Å². The lowest BCUT2D eigenvalue weighted by Crippen LogP contribution is -2.22. The molecule has 3 nitrogen and oxygen atoms in total. The average molecular weight is 274 g/mol. The van der Waals surface area contributed by atoms with Crippen LogP contribution >= 0.6 is 11.3 Å². The minimum atomic E-state index is 0.114. The van der Waals surface area contributed by atoms with Crippen molar-refractivity contribution in [3.8, 4) is 11.1 Å². The summed E-state index contributed by atoms with van der Waals surface area (Å²) in [6, 6.07) is 4.15. The van der Waals surface area contributed by atoms with Crippen molar-refractivity contribution in [1.29, 1.82) is 0 Å². The maximum atomic E-state index is 11.6. The number of amides is 1. The second-order valence-electron chi connectivity index (χ2n) is 4.47. The second-order valence-corrected chi connectivity index (χ2v) is 5.25. The first-order chi connectivity index (χ1) is 9.29. The van der Waals surface area contributed by atoms with E-state index in [9.17, 15) is 4.79 Å². The quantitative estimate of drug-likeness (QED) is 0.874. The first-order valence-corrected chi connectivity index (χ1v) is 7.47. The number of thiophene rings is 1. The summed E-state index contributed by atoms with van der Waals surface area (Å²) in [6.07, 6.45) is 6.25. The molecule has 0 fully saturated rings. The third-order valence-electron chi connectivity index (χ3n) is 2.90. The molecule has 0 unspecified atom stereocenters. The summed E-state index contributed by atoms with van der Waals surface area (Å²) in [5.41, 5.74) is 3.31. The van der Waals surface area contributed by atoms with Gasteiger partial charge in [0.2, 0.25) is 5.91 Å². The van der Waals surface area contributed by atoms with Crippen molar-refractivity contribution >= 4 is 17.2 Å². The van der Waals surface area contributed by atoms with E-state index < -0.39 is 0 Å². The number of nitrogens with zero attached hydrogens (tertiary/aromatic N) is 1. The monoisotopic (exact) mass is 274 g/mol. The Bertz CT molecular complexity index is 523. The van der Waals surface area contributed by atoms with Crippen LogP contribution in [0.15, 0.2) is 35.3 Å². The molecule has 0 saturated carbocycles. The van der Waals surface area contributed by atoms with Crippen molar-refractivity contribution in [1.82, 2.24) is 10.3 Å². The molecule has 100 valence electrons. The third kappa shape index (κ3) is 4.17. The van der Waals surface area contributed by atoms with Crippen LogP contribution in [-0.4, -0.2) is 10.9 Å². The lowest BCUT2D eigenvalue weighted by atomic mass is 10.1. The Labute approximate surface area is 117 Å². The fourth-order valence-corrected chi connectivity index (χ4v) is 2.46. The molecule has 0 aliphatic heterocycles. The largest absolute Gasteiger partial charge is 0.352 e. The predicted molar refractivity (Wildman–Crippen MR) is 78.9 cm³/mol. The zero-order valence-electron chi connectivity index (χ0n) is 11.1. The van der Waals surface area contributed by atoms with Gasteiger partial charge in [0.1, 0.15) is 0 Å². The molecule has 0 aliphatic rings. The van der Waals surface area contributed by atoms with Crippen molar-refractivity contribution in [3.63, 3.8) is 0 Å². The molecule has 19 heavy (non-hydrogen) atoms. The van der Waals surface area contributed by atoms with E-state index in [0.29, 0.717) is 13.0 Å². The third-order valence-corrected chi connectivity index (χ3v) is 3.58. The summed E-state index contributed by atoms with van der Waals surface area (Å²) in [6.45, 7) is 2.63. The van der Waals surface area contributed by atoms with Crippen LogP contribution in [0, 0.1) is 0 Å². The van der Waals surface area contributed by atoms with Crippen LogP contribution in [0.25, 0.3) is 11.1 Å². The molecule has 4 heteroatoms. The van der Waals surface area contributed by atoms with Gasteiger partial charge in [-0.2, -0.15) is 11.3 Å². The van der Waals surface area contributed by atoms with E-state index >= 15 is 0 Å². The van der Waals surface area contributed by atoms with Gasteiger partial charge in [-0.1, -0.05) is 13.3 Å². The Morgan fingerprint density at radius 2 is 2.26 bits per heavy atom. The standard InChI is InChI=1S/C15H18N2OS/c1-2-3-4-15(18)17-9-12-7-14(10-16-8-12)13-5-6-19-11-13/h5-8,10-11H,2-4,9H2,1H3,(H,17,18). The molecule has 0 saturated heterocycles. The first kappa shape index (κ1) is 13.7. The van der Waals surface area contributed by atoms with Crippen LogP contribution in [0.1, 0.15) is 31.7 Å². The van der Waals surface area contributed by atoms with Gasteiger partial charge < -0.3 is 5.32 Å². The number of carbonyl (C=O) groups is 1. The molecule has 2 aromatic heterocycles. The van der Waals surface area contributed by atoms with Gasteiger partial charge in [-0.3, -0.25) is 9.78 Å². The summed E-state index contributed by atoms with van der Waals surface area (Å²) >= 11 is 1.67. The Morgan fingerprint density at radius 3 is 3.00 bits per heavy atom. The van der Waals surface area contributed by atoms with Crippen LogP contribution < -0.4 is 5.32 Å². The number of carbonyl (C=O) groups excluding carboxylic acids is 1. The van der Waals surface area contributed by atoms with E-state index in [1.807, 2.05) is 6.20 Å². The molecular weight excluding hydrogens is 256 g/mol. The molecular formula is C15H18N2OS. The summed E-state index contributed by atoms with van der Waals surface area (Å²) in [7, 11) is 0. The van der Waals surface area contributed by atoms with Crippen LogP contribution in [0.4, 0.5) is 0 Å². The fourth-order valence-electron chi connectivity index (χ4n) is 1.80. The van der Waals surface area contributed by atoms with E-state index in [4.69, 9.17) is 0 Å². The Balaban J connectivity index is 1.94. The van der Waals surface area contributed by atoms with Gasteiger partial charge >= 0.3 is 0 Å². The average Bonchev–Trinajstić information content (AvgIpc) is 2.97. The number of hydrogen-bond acceptors (Lipinski definition) is 3. The topological polar surface area (TPSA) is 42.0 Å². The van der Waals surface area contributed by atoms with Gasteiger partial charge in [-0.25, -0.2) is 0 Å². The number of nitrogens with one attached hydrogen (secondary N) is 1. The lowest BCUT2D eigenvalue weighted by Gasteiger charge is -2.06. The van der Waals surface area contributed by atoms with E-state index in [-0.39, 0.29) is 5.91 Å². The Hall–Kier alpha value is -1.68. The first-order valence-electron chi connectivity index (χ1n) is 6.53. The maximum absolute atomic E-state index is 11.6. The van der Waals surface area contributed by atoms with Crippen molar-refractivity contribution in [2.45, 2.75) is 32.7 Å². The van der Waals surface area contributed by atoms with E-state index in [1.54, 1.807) is 17.5 Å². The number of rotatable bonds is 6. The highest BCUT2D eigenvalue weighted by Crippen LogP contribution is 2.21. The maximum Gasteiger partial charge on any atom is 0.220 e. The highest BCUT2D eigenvalue weighted by molar-refractivity contribution is 7.08. The second kappa shape index (κ2) is 7.04. The molecule has 0 atom stereocenters. The SMILES string of the molecule is CCCCC(=O)NCc1cncc(-c2ccsc2)c1. The summed E-state index contributed by atoms with van der Waals surface area (Å²) in [5, 5.41) is 7.08. The van der Waals surface area contributed by atoms with Gasteiger partial charge in [0.15, 0.2) is 0 Å². The van der Waals surface area contributed by atoms with Crippen molar-refractivity contribution in [2.24, 2.45) is 0 Å². The van der Waals surface area contributed by atoms with Gasteiger partial charge in [0, 0.05) is 30.9 Å². The van der Waals surface area contributed by atoms with Gasteiger partial charge in [-0.15, -0.1) is 0 Å². The van der Waals surface area contributed by atoms with Gasteiger partial charge in [-0.05, 0) is 40.4 Å². The summed E-state index contributed by atoms with van der Waals surface area (Å²) in [5.74, 6) is 0.114. The molecule has 1 amide bonds. The number of hydrogen-bond donors (Lipinski definition) is 1. The summed E-state index contributed by atoms with van der Waals surface area (Å²) < 4.78 is 0. The highest BCUT2D eigenvalue weighted by Gasteiger charge is 2.03. The van der Waals surface area contributed by atoms with Crippen LogP contribution in [0.5, 0.6) is 0 Å². The highest BCUT2D eigenvalue weighted by atomic mass is 32.1. The van der Waals surface area contributed by atoms with E-state index in [1.165, 1.54) is 5.56 Å². The van der Waals surface area contributed by atoms with Crippen molar-refractivity contribution < 1.29 is 4.79 Å². The molecule has 0 radical (unpaired) electrons.